The minimum atomic E-state index is 0.0816. The van der Waals surface area contributed by atoms with Crippen LogP contribution in [0.1, 0.15) is 62.0 Å². The van der Waals surface area contributed by atoms with Crippen LogP contribution in [0.4, 0.5) is 0 Å². The molecule has 144 valence electrons. The highest BCUT2D eigenvalue weighted by Crippen LogP contribution is 2.49. The number of hydrogen-bond acceptors (Lipinski definition) is 5. The molecule has 2 aliphatic rings. The second kappa shape index (κ2) is 8.03. The van der Waals surface area contributed by atoms with Gasteiger partial charge in [-0.05, 0) is 57.7 Å². The Hall–Kier alpha value is -1.85. The van der Waals surface area contributed by atoms with Crippen LogP contribution >= 0.6 is 0 Å². The van der Waals surface area contributed by atoms with Gasteiger partial charge in [0.05, 0.1) is 17.0 Å². The summed E-state index contributed by atoms with van der Waals surface area (Å²) in [6.07, 6.45) is 13.8. The molecule has 1 N–H and O–H groups in total. The maximum Gasteiger partial charge on any atom is 0.0724 e. The Kier molecular flexibility index (Phi) is 5.50. The number of aryl methyl sites for hydroxylation is 1. The lowest BCUT2D eigenvalue weighted by Crippen LogP contribution is -2.47. The molecule has 1 saturated carbocycles. The second-order valence-electron chi connectivity index (χ2n) is 8.24. The normalized spacial score (nSPS) is 24.3. The van der Waals surface area contributed by atoms with Gasteiger partial charge in [-0.3, -0.25) is 15.0 Å². The average Bonchev–Trinajstić information content (AvgIpc) is 3.15. The summed E-state index contributed by atoms with van der Waals surface area (Å²) in [5, 5.41) is 3.57. The summed E-state index contributed by atoms with van der Waals surface area (Å²) in [6, 6.07) is 6.34. The van der Waals surface area contributed by atoms with Gasteiger partial charge >= 0.3 is 0 Å². The molecule has 27 heavy (non-hydrogen) atoms. The van der Waals surface area contributed by atoms with Crippen molar-refractivity contribution in [2.45, 2.75) is 69.4 Å². The highest BCUT2D eigenvalue weighted by atomic mass is 16.5. The number of hydrogen-bond donors (Lipinski definition) is 1. The van der Waals surface area contributed by atoms with Gasteiger partial charge in [0.1, 0.15) is 0 Å². The molecule has 1 spiro atoms. The molecular weight excluding hydrogens is 336 g/mol. The molecule has 1 unspecified atom stereocenters. The molecule has 2 fully saturated rings. The number of rotatable bonds is 6. The van der Waals surface area contributed by atoms with Gasteiger partial charge in [0.2, 0.25) is 0 Å². The van der Waals surface area contributed by atoms with Crippen LogP contribution in [0.2, 0.25) is 0 Å². The van der Waals surface area contributed by atoms with Crippen molar-refractivity contribution >= 4 is 0 Å². The number of aromatic nitrogens is 3. The molecule has 2 aromatic heterocycles. The standard InChI is InChI=1S/C22H30N4O/c1-18-14-26-19(16-25-18)15-23-12-9-21(20-6-2-5-11-24-20)10-13-27-22(17-21)7-3-4-8-22/h2,5-6,11,14,16,23H,3-4,7-10,12-13,15,17H2,1H3. The topological polar surface area (TPSA) is 59.9 Å². The Labute approximate surface area is 162 Å². The van der Waals surface area contributed by atoms with E-state index >= 15 is 0 Å². The number of nitrogens with one attached hydrogen (secondary N) is 1. The summed E-state index contributed by atoms with van der Waals surface area (Å²) in [7, 11) is 0. The van der Waals surface area contributed by atoms with E-state index < -0.39 is 0 Å². The molecule has 0 amide bonds. The molecule has 0 radical (unpaired) electrons. The van der Waals surface area contributed by atoms with Gasteiger partial charge in [-0.2, -0.15) is 0 Å². The van der Waals surface area contributed by atoms with E-state index in [4.69, 9.17) is 9.72 Å². The fourth-order valence-corrected chi connectivity index (χ4v) is 4.85. The first-order valence-electron chi connectivity index (χ1n) is 10.2. The van der Waals surface area contributed by atoms with E-state index in [1.54, 1.807) is 0 Å². The van der Waals surface area contributed by atoms with E-state index in [0.717, 1.165) is 50.3 Å². The zero-order valence-electron chi connectivity index (χ0n) is 16.3. The van der Waals surface area contributed by atoms with Crippen molar-refractivity contribution in [3.8, 4) is 0 Å². The van der Waals surface area contributed by atoms with E-state index in [-0.39, 0.29) is 11.0 Å². The predicted octanol–water partition coefficient (Wildman–Crippen LogP) is 3.72. The Morgan fingerprint density at radius 2 is 1.96 bits per heavy atom. The third-order valence-corrected chi connectivity index (χ3v) is 6.29. The van der Waals surface area contributed by atoms with Crippen LogP contribution in [0.15, 0.2) is 36.8 Å². The molecule has 5 heteroatoms. The molecule has 2 aromatic rings. The fourth-order valence-electron chi connectivity index (χ4n) is 4.85. The third kappa shape index (κ3) is 4.19. The maximum atomic E-state index is 6.32. The van der Waals surface area contributed by atoms with Crippen LogP contribution in [0.5, 0.6) is 0 Å². The summed E-state index contributed by atoms with van der Waals surface area (Å²) >= 11 is 0. The zero-order chi connectivity index (χ0) is 18.6. The minimum absolute atomic E-state index is 0.0816. The van der Waals surface area contributed by atoms with Crippen LogP contribution in [-0.2, 0) is 16.7 Å². The summed E-state index contributed by atoms with van der Waals surface area (Å²) in [6.45, 7) is 4.51. The number of nitrogens with zero attached hydrogens (tertiary/aromatic N) is 3. The molecule has 1 saturated heterocycles. The molecular formula is C22H30N4O. The maximum absolute atomic E-state index is 6.32. The molecule has 1 aliphatic carbocycles. The molecule has 0 bridgehead atoms. The highest BCUT2D eigenvalue weighted by Gasteiger charge is 2.48. The van der Waals surface area contributed by atoms with E-state index in [1.165, 1.54) is 31.4 Å². The highest BCUT2D eigenvalue weighted by molar-refractivity contribution is 5.20. The Morgan fingerprint density at radius 1 is 1.07 bits per heavy atom. The molecule has 0 aromatic carbocycles. The van der Waals surface area contributed by atoms with Crippen LogP contribution in [0.25, 0.3) is 0 Å². The van der Waals surface area contributed by atoms with Crippen molar-refractivity contribution in [3.63, 3.8) is 0 Å². The first kappa shape index (κ1) is 18.5. The van der Waals surface area contributed by atoms with Crippen molar-refractivity contribution in [1.29, 1.82) is 0 Å². The lowest BCUT2D eigenvalue weighted by molar-refractivity contribution is -0.104. The molecule has 1 aliphatic heterocycles. The zero-order valence-corrected chi connectivity index (χ0v) is 16.3. The summed E-state index contributed by atoms with van der Waals surface area (Å²) < 4.78 is 6.32. The van der Waals surface area contributed by atoms with Gasteiger partial charge in [0, 0.05) is 42.9 Å². The fraction of sp³-hybridized carbons (Fsp3) is 0.591. The van der Waals surface area contributed by atoms with Crippen LogP contribution in [0, 0.1) is 6.92 Å². The first-order chi connectivity index (χ1) is 13.2. The van der Waals surface area contributed by atoms with Gasteiger partial charge < -0.3 is 10.1 Å². The molecule has 4 rings (SSSR count). The van der Waals surface area contributed by atoms with Crippen molar-refractivity contribution in [3.05, 3.63) is 53.9 Å². The van der Waals surface area contributed by atoms with Gasteiger partial charge in [-0.1, -0.05) is 18.9 Å². The summed E-state index contributed by atoms with van der Waals surface area (Å²) in [5.41, 5.74) is 3.37. The molecule has 3 heterocycles. The summed E-state index contributed by atoms with van der Waals surface area (Å²) in [4.78, 5) is 13.5. The van der Waals surface area contributed by atoms with Crippen LogP contribution < -0.4 is 5.32 Å². The van der Waals surface area contributed by atoms with Crippen LogP contribution in [0.3, 0.4) is 0 Å². The van der Waals surface area contributed by atoms with Gasteiger partial charge in [0.15, 0.2) is 0 Å². The van der Waals surface area contributed by atoms with E-state index in [0.29, 0.717) is 0 Å². The van der Waals surface area contributed by atoms with Crippen molar-refractivity contribution in [2.75, 3.05) is 13.2 Å². The van der Waals surface area contributed by atoms with E-state index in [9.17, 15) is 0 Å². The van der Waals surface area contributed by atoms with Crippen LogP contribution in [-0.4, -0.2) is 33.7 Å². The largest absolute Gasteiger partial charge is 0.375 e. The predicted molar refractivity (Wildman–Crippen MR) is 105 cm³/mol. The van der Waals surface area contributed by atoms with E-state index in [2.05, 4.69) is 27.4 Å². The third-order valence-electron chi connectivity index (χ3n) is 6.29. The van der Waals surface area contributed by atoms with Crippen molar-refractivity contribution in [2.24, 2.45) is 0 Å². The number of ether oxygens (including phenoxy) is 1. The quantitative estimate of drug-likeness (QED) is 0.790. The van der Waals surface area contributed by atoms with Gasteiger partial charge in [-0.15, -0.1) is 0 Å². The smallest absolute Gasteiger partial charge is 0.0724 e. The first-order valence-corrected chi connectivity index (χ1v) is 10.2. The Balaban J connectivity index is 1.45. The molecule has 5 nitrogen and oxygen atoms in total. The number of pyridine rings is 1. The minimum Gasteiger partial charge on any atom is -0.375 e. The SMILES string of the molecule is Cc1cnc(CNCCC2(c3ccccn3)CCOC3(CCCC3)C2)cn1. The van der Waals surface area contributed by atoms with Gasteiger partial charge in [0.25, 0.3) is 0 Å². The van der Waals surface area contributed by atoms with Gasteiger partial charge in [-0.25, -0.2) is 0 Å². The summed E-state index contributed by atoms with van der Waals surface area (Å²) in [5.74, 6) is 0. The van der Waals surface area contributed by atoms with E-state index in [1.807, 2.05) is 31.6 Å². The Morgan fingerprint density at radius 3 is 2.70 bits per heavy atom. The second-order valence-corrected chi connectivity index (χ2v) is 8.24. The lowest BCUT2D eigenvalue weighted by Gasteiger charge is -2.46. The average molecular weight is 367 g/mol. The molecule has 1 atom stereocenters. The monoisotopic (exact) mass is 366 g/mol. The van der Waals surface area contributed by atoms with Crippen molar-refractivity contribution < 1.29 is 4.74 Å². The van der Waals surface area contributed by atoms with Crippen molar-refractivity contribution in [1.82, 2.24) is 20.3 Å². The Bertz CT molecular complexity index is 728. The lowest BCUT2D eigenvalue weighted by atomic mass is 9.68.